The van der Waals surface area contributed by atoms with E-state index < -0.39 is 10.8 Å². The molecule has 3 unspecified atom stereocenters. The minimum Gasteiger partial charge on any atom is -0.398 e. The second kappa shape index (κ2) is 6.17. The van der Waals surface area contributed by atoms with Crippen LogP contribution in [0.25, 0.3) is 0 Å². The normalized spacial score (nSPS) is 25.9. The first-order chi connectivity index (χ1) is 8.61. The molecule has 3 atom stereocenters. The third kappa shape index (κ3) is 3.13. The number of hydrogen-bond donors (Lipinski definition) is 1. The minimum atomic E-state index is -1.05. The lowest BCUT2D eigenvalue weighted by molar-refractivity contribution is 0.0725. The first-order valence-corrected chi connectivity index (χ1v) is 8.11. The van der Waals surface area contributed by atoms with E-state index in [1.54, 1.807) is 13.2 Å². The molecule has 1 fully saturated rings. The molecule has 2 N–H and O–H groups in total. The number of benzene rings is 1. The Morgan fingerprint density at radius 3 is 2.94 bits per heavy atom. The Morgan fingerprint density at radius 1 is 1.44 bits per heavy atom. The number of nitrogen functional groups attached to an aromatic ring is 1. The van der Waals surface area contributed by atoms with Gasteiger partial charge in [0.25, 0.3) is 0 Å². The van der Waals surface area contributed by atoms with Crippen molar-refractivity contribution in [3.63, 3.8) is 0 Å². The summed E-state index contributed by atoms with van der Waals surface area (Å²) in [6.45, 7) is 0. The van der Waals surface area contributed by atoms with Crippen molar-refractivity contribution in [1.82, 2.24) is 0 Å². The Morgan fingerprint density at radius 2 is 2.22 bits per heavy atom. The molecule has 1 aliphatic rings. The van der Waals surface area contributed by atoms with Crippen molar-refractivity contribution in [3.8, 4) is 0 Å². The van der Waals surface area contributed by atoms with Crippen LogP contribution in [0.1, 0.15) is 25.7 Å². The van der Waals surface area contributed by atoms with Crippen molar-refractivity contribution in [2.24, 2.45) is 0 Å². The van der Waals surface area contributed by atoms with Gasteiger partial charge < -0.3 is 10.5 Å². The molecule has 1 aromatic carbocycles. The predicted octanol–water partition coefficient (Wildman–Crippen LogP) is 3.10. The lowest BCUT2D eigenvalue weighted by Gasteiger charge is -2.27. The van der Waals surface area contributed by atoms with Gasteiger partial charge in [0.1, 0.15) is 0 Å². The first kappa shape index (κ1) is 14.0. The van der Waals surface area contributed by atoms with Crippen molar-refractivity contribution in [2.75, 3.05) is 12.8 Å². The summed E-state index contributed by atoms with van der Waals surface area (Å²) in [5.41, 5.74) is 6.53. The largest absolute Gasteiger partial charge is 0.398 e. The van der Waals surface area contributed by atoms with E-state index in [9.17, 15) is 4.21 Å². The van der Waals surface area contributed by atoms with E-state index >= 15 is 0 Å². The van der Waals surface area contributed by atoms with Crippen LogP contribution in [0, 0.1) is 0 Å². The molecule has 0 bridgehead atoms. The number of ether oxygens (including phenoxy) is 1. The van der Waals surface area contributed by atoms with Gasteiger partial charge in [0.15, 0.2) is 0 Å². The smallest absolute Gasteiger partial charge is 0.0631 e. The van der Waals surface area contributed by atoms with Crippen LogP contribution in [0.15, 0.2) is 27.6 Å². The molecule has 1 saturated carbocycles. The van der Waals surface area contributed by atoms with E-state index in [1.165, 1.54) is 0 Å². The Bertz CT molecular complexity index is 453. The van der Waals surface area contributed by atoms with Gasteiger partial charge in [-0.25, -0.2) is 0 Å². The molecule has 1 aliphatic carbocycles. The summed E-state index contributed by atoms with van der Waals surface area (Å²) in [5, 5.41) is 0.153. The van der Waals surface area contributed by atoms with Crippen LogP contribution < -0.4 is 5.73 Å². The average Bonchev–Trinajstić information content (AvgIpc) is 2.41. The highest BCUT2D eigenvalue weighted by atomic mass is 79.9. The second-order valence-corrected chi connectivity index (χ2v) is 7.24. The molecule has 18 heavy (non-hydrogen) atoms. The van der Waals surface area contributed by atoms with Gasteiger partial charge >= 0.3 is 0 Å². The molecular weight excluding hydrogens is 314 g/mol. The highest BCUT2D eigenvalue weighted by Gasteiger charge is 2.27. The maximum Gasteiger partial charge on any atom is 0.0631 e. The van der Waals surface area contributed by atoms with Crippen molar-refractivity contribution < 1.29 is 8.95 Å². The molecule has 2 rings (SSSR count). The lowest BCUT2D eigenvalue weighted by Crippen LogP contribution is -2.28. The molecule has 0 spiro atoms. The summed E-state index contributed by atoms with van der Waals surface area (Å²) in [6.07, 6.45) is 4.22. The van der Waals surface area contributed by atoms with E-state index in [0.29, 0.717) is 5.69 Å². The van der Waals surface area contributed by atoms with Gasteiger partial charge in [-0.15, -0.1) is 0 Å². The maximum absolute atomic E-state index is 12.6. The van der Waals surface area contributed by atoms with E-state index in [1.807, 2.05) is 12.1 Å². The van der Waals surface area contributed by atoms with E-state index in [-0.39, 0.29) is 11.4 Å². The molecule has 0 aliphatic heterocycles. The monoisotopic (exact) mass is 331 g/mol. The highest BCUT2D eigenvalue weighted by molar-refractivity contribution is 9.10. The van der Waals surface area contributed by atoms with Gasteiger partial charge in [-0.3, -0.25) is 4.21 Å². The van der Waals surface area contributed by atoms with Crippen LogP contribution in [0.4, 0.5) is 5.69 Å². The van der Waals surface area contributed by atoms with Gasteiger partial charge in [0, 0.05) is 22.5 Å². The van der Waals surface area contributed by atoms with Crippen molar-refractivity contribution in [2.45, 2.75) is 41.9 Å². The van der Waals surface area contributed by atoms with E-state index in [0.717, 1.165) is 35.1 Å². The molecule has 0 heterocycles. The molecule has 1 aromatic rings. The van der Waals surface area contributed by atoms with Crippen LogP contribution in [0.2, 0.25) is 0 Å². The van der Waals surface area contributed by atoms with Gasteiger partial charge in [-0.2, -0.15) is 0 Å². The van der Waals surface area contributed by atoms with Gasteiger partial charge in [0.2, 0.25) is 0 Å². The Labute approximate surface area is 119 Å². The number of anilines is 1. The highest BCUT2D eigenvalue weighted by Crippen LogP contribution is 2.31. The SMILES string of the molecule is COC1CCCC(S(=O)c2cc(Br)ccc2N)C1. The van der Waals surface area contributed by atoms with Crippen LogP contribution in [-0.2, 0) is 15.5 Å². The fourth-order valence-electron chi connectivity index (χ4n) is 2.37. The molecular formula is C13H18BrNO2S. The summed E-state index contributed by atoms with van der Waals surface area (Å²) in [4.78, 5) is 0.742. The standard InChI is InChI=1S/C13H18BrNO2S/c1-17-10-3-2-4-11(8-10)18(16)13-7-9(14)5-6-12(13)15/h5-7,10-11H,2-4,8,15H2,1H3. The third-order valence-corrected chi connectivity index (χ3v) is 5.72. The fraction of sp³-hybridized carbons (Fsp3) is 0.538. The quantitative estimate of drug-likeness (QED) is 0.866. The van der Waals surface area contributed by atoms with Gasteiger partial charge in [-0.1, -0.05) is 15.9 Å². The number of nitrogens with two attached hydrogens (primary N) is 1. The number of hydrogen-bond acceptors (Lipinski definition) is 3. The number of rotatable bonds is 3. The lowest BCUT2D eigenvalue weighted by atomic mass is 9.97. The zero-order valence-electron chi connectivity index (χ0n) is 10.4. The predicted molar refractivity (Wildman–Crippen MR) is 78.0 cm³/mol. The Kier molecular flexibility index (Phi) is 4.81. The minimum absolute atomic E-state index is 0.153. The average molecular weight is 332 g/mol. The summed E-state index contributed by atoms with van der Waals surface area (Å²) in [5.74, 6) is 0. The van der Waals surface area contributed by atoms with Crippen LogP contribution in [0.3, 0.4) is 0 Å². The molecule has 0 saturated heterocycles. The van der Waals surface area contributed by atoms with Crippen LogP contribution in [0.5, 0.6) is 0 Å². The Balaban J connectivity index is 2.17. The Hall–Kier alpha value is -0.390. The van der Waals surface area contributed by atoms with Gasteiger partial charge in [-0.05, 0) is 43.9 Å². The van der Waals surface area contributed by atoms with Crippen molar-refractivity contribution in [3.05, 3.63) is 22.7 Å². The van der Waals surface area contributed by atoms with E-state index in [4.69, 9.17) is 10.5 Å². The first-order valence-electron chi connectivity index (χ1n) is 6.10. The fourth-order valence-corrected chi connectivity index (χ4v) is 4.56. The summed E-state index contributed by atoms with van der Waals surface area (Å²) in [7, 11) is 0.677. The molecule has 100 valence electrons. The number of methoxy groups -OCH3 is 1. The van der Waals surface area contributed by atoms with Crippen molar-refractivity contribution in [1.29, 1.82) is 0 Å². The summed E-state index contributed by atoms with van der Waals surface area (Å²) in [6, 6.07) is 5.53. The molecule has 3 nitrogen and oxygen atoms in total. The molecule has 5 heteroatoms. The molecule has 0 amide bonds. The third-order valence-electron chi connectivity index (χ3n) is 3.41. The van der Waals surface area contributed by atoms with Crippen LogP contribution in [-0.4, -0.2) is 22.7 Å². The second-order valence-electron chi connectivity index (χ2n) is 4.63. The topological polar surface area (TPSA) is 52.3 Å². The van der Waals surface area contributed by atoms with Crippen LogP contribution >= 0.6 is 15.9 Å². The van der Waals surface area contributed by atoms with E-state index in [2.05, 4.69) is 15.9 Å². The zero-order valence-corrected chi connectivity index (χ0v) is 12.8. The maximum atomic E-state index is 12.6. The molecule has 0 aromatic heterocycles. The summed E-state index contributed by atoms with van der Waals surface area (Å²) < 4.78 is 18.9. The number of halogens is 1. The zero-order chi connectivity index (χ0) is 13.1. The van der Waals surface area contributed by atoms with Crippen molar-refractivity contribution >= 4 is 32.4 Å². The van der Waals surface area contributed by atoms with Gasteiger partial charge in [0.05, 0.1) is 21.8 Å². The molecule has 0 radical (unpaired) electrons. The summed E-state index contributed by atoms with van der Waals surface area (Å²) >= 11 is 3.40.